The van der Waals surface area contributed by atoms with Gasteiger partial charge in [-0.05, 0) is 48.7 Å². The maximum Gasteiger partial charge on any atom is 0.212 e. The standard InChI is InChI=1S/C20H21N2/c1-4-18-13-16(11-12-21-18)17-9-10-20(22(3)14-17)19-8-6-5-7-15(19)2/h5-14H,4H2,1-3H3/q+1. The Bertz CT molecular complexity index is 806. The second-order valence-corrected chi connectivity index (χ2v) is 5.62. The molecule has 2 nitrogen and oxygen atoms in total. The van der Waals surface area contributed by atoms with Gasteiger partial charge < -0.3 is 0 Å². The van der Waals surface area contributed by atoms with Gasteiger partial charge >= 0.3 is 0 Å². The van der Waals surface area contributed by atoms with E-state index < -0.39 is 0 Å². The van der Waals surface area contributed by atoms with Crippen LogP contribution >= 0.6 is 0 Å². The fourth-order valence-electron chi connectivity index (χ4n) is 2.77. The van der Waals surface area contributed by atoms with Gasteiger partial charge in [-0.3, -0.25) is 4.98 Å². The predicted molar refractivity (Wildman–Crippen MR) is 90.4 cm³/mol. The van der Waals surface area contributed by atoms with Crippen molar-refractivity contribution < 1.29 is 4.57 Å². The lowest BCUT2D eigenvalue weighted by Gasteiger charge is -2.07. The normalized spacial score (nSPS) is 10.7. The average molecular weight is 289 g/mol. The zero-order valence-corrected chi connectivity index (χ0v) is 13.4. The molecule has 22 heavy (non-hydrogen) atoms. The van der Waals surface area contributed by atoms with Crippen LogP contribution in [-0.4, -0.2) is 4.98 Å². The summed E-state index contributed by atoms with van der Waals surface area (Å²) in [4.78, 5) is 4.38. The number of aryl methyl sites for hydroxylation is 3. The lowest BCUT2D eigenvalue weighted by Crippen LogP contribution is -2.30. The van der Waals surface area contributed by atoms with E-state index in [4.69, 9.17) is 0 Å². The van der Waals surface area contributed by atoms with Crippen molar-refractivity contribution in [3.63, 3.8) is 0 Å². The molecule has 0 spiro atoms. The van der Waals surface area contributed by atoms with E-state index in [0.29, 0.717) is 0 Å². The molecule has 0 saturated carbocycles. The van der Waals surface area contributed by atoms with Gasteiger partial charge in [0.15, 0.2) is 6.20 Å². The molecule has 0 aliphatic rings. The first-order valence-electron chi connectivity index (χ1n) is 7.70. The Morgan fingerprint density at radius 2 is 1.82 bits per heavy atom. The van der Waals surface area contributed by atoms with E-state index >= 15 is 0 Å². The molecule has 0 amide bonds. The number of hydrogen-bond donors (Lipinski definition) is 0. The van der Waals surface area contributed by atoms with Crippen LogP contribution in [0, 0.1) is 6.92 Å². The summed E-state index contributed by atoms with van der Waals surface area (Å²) < 4.78 is 2.20. The van der Waals surface area contributed by atoms with Crippen LogP contribution in [0.25, 0.3) is 22.4 Å². The lowest BCUT2D eigenvalue weighted by molar-refractivity contribution is -0.659. The van der Waals surface area contributed by atoms with Crippen LogP contribution in [0.5, 0.6) is 0 Å². The zero-order valence-electron chi connectivity index (χ0n) is 13.4. The van der Waals surface area contributed by atoms with Crippen molar-refractivity contribution in [2.24, 2.45) is 7.05 Å². The number of pyridine rings is 2. The molecule has 0 fully saturated rings. The maximum absolute atomic E-state index is 4.38. The molecule has 3 aromatic rings. The van der Waals surface area contributed by atoms with Crippen LogP contribution in [-0.2, 0) is 13.5 Å². The molecule has 2 aromatic heterocycles. The van der Waals surface area contributed by atoms with E-state index in [1.54, 1.807) is 0 Å². The van der Waals surface area contributed by atoms with E-state index in [1.807, 2.05) is 6.20 Å². The largest absolute Gasteiger partial charge is 0.261 e. The van der Waals surface area contributed by atoms with E-state index in [9.17, 15) is 0 Å². The molecule has 0 aliphatic carbocycles. The molecule has 110 valence electrons. The molecule has 0 unspecified atom stereocenters. The van der Waals surface area contributed by atoms with Crippen LogP contribution < -0.4 is 4.57 Å². The van der Waals surface area contributed by atoms with E-state index in [2.05, 4.69) is 85.2 Å². The minimum Gasteiger partial charge on any atom is -0.261 e. The molecule has 0 radical (unpaired) electrons. The van der Waals surface area contributed by atoms with Gasteiger partial charge in [-0.15, -0.1) is 0 Å². The number of aromatic nitrogens is 2. The second kappa shape index (κ2) is 6.10. The van der Waals surface area contributed by atoms with Crippen LogP contribution in [0.2, 0.25) is 0 Å². The first-order chi connectivity index (χ1) is 10.7. The third-order valence-electron chi connectivity index (χ3n) is 4.07. The summed E-state index contributed by atoms with van der Waals surface area (Å²) in [6.45, 7) is 4.28. The third-order valence-corrected chi connectivity index (χ3v) is 4.07. The van der Waals surface area contributed by atoms with Gasteiger partial charge in [0.05, 0.1) is 0 Å². The van der Waals surface area contributed by atoms with E-state index in [-0.39, 0.29) is 0 Å². The minimum absolute atomic E-state index is 0.960. The molecule has 0 atom stereocenters. The van der Waals surface area contributed by atoms with E-state index in [0.717, 1.165) is 12.1 Å². The molecule has 1 aromatic carbocycles. The summed E-state index contributed by atoms with van der Waals surface area (Å²) in [5, 5.41) is 0. The first kappa shape index (κ1) is 14.5. The van der Waals surface area contributed by atoms with Gasteiger partial charge in [0, 0.05) is 29.1 Å². The number of benzene rings is 1. The smallest absolute Gasteiger partial charge is 0.212 e. The summed E-state index contributed by atoms with van der Waals surface area (Å²) in [5.41, 5.74) is 7.37. The molecular formula is C20H21N2+. The topological polar surface area (TPSA) is 16.8 Å². The molecule has 0 aliphatic heterocycles. The molecule has 3 rings (SSSR count). The Morgan fingerprint density at radius 3 is 2.55 bits per heavy atom. The van der Waals surface area contributed by atoms with Gasteiger partial charge in [-0.2, -0.15) is 0 Å². The monoisotopic (exact) mass is 289 g/mol. The van der Waals surface area contributed by atoms with Gasteiger partial charge in [0.25, 0.3) is 0 Å². The Labute approximate surface area is 132 Å². The maximum atomic E-state index is 4.38. The van der Waals surface area contributed by atoms with Crippen molar-refractivity contribution >= 4 is 0 Å². The number of rotatable bonds is 3. The van der Waals surface area contributed by atoms with Gasteiger partial charge in [-0.1, -0.05) is 25.1 Å². The summed E-state index contributed by atoms with van der Waals surface area (Å²) >= 11 is 0. The minimum atomic E-state index is 0.960. The molecular weight excluding hydrogens is 268 g/mol. The molecule has 0 saturated heterocycles. The van der Waals surface area contributed by atoms with Crippen molar-refractivity contribution in [3.8, 4) is 22.4 Å². The van der Waals surface area contributed by atoms with E-state index in [1.165, 1.54) is 27.9 Å². The summed E-state index contributed by atoms with van der Waals surface area (Å²) in [7, 11) is 2.10. The summed E-state index contributed by atoms with van der Waals surface area (Å²) in [6, 6.07) is 17.1. The van der Waals surface area contributed by atoms with Gasteiger partial charge in [-0.25, -0.2) is 4.57 Å². The fourth-order valence-corrected chi connectivity index (χ4v) is 2.77. The Morgan fingerprint density at radius 1 is 1.00 bits per heavy atom. The third kappa shape index (κ3) is 2.77. The lowest BCUT2D eigenvalue weighted by atomic mass is 10.0. The Hall–Kier alpha value is -2.48. The number of nitrogens with zero attached hydrogens (tertiary/aromatic N) is 2. The Kier molecular flexibility index (Phi) is 4.01. The van der Waals surface area contributed by atoms with Crippen LogP contribution in [0.15, 0.2) is 60.9 Å². The molecule has 2 heteroatoms. The van der Waals surface area contributed by atoms with Gasteiger partial charge in [0.1, 0.15) is 7.05 Å². The highest BCUT2D eigenvalue weighted by molar-refractivity contribution is 5.66. The molecule has 2 heterocycles. The van der Waals surface area contributed by atoms with Crippen molar-refractivity contribution in [1.82, 2.24) is 4.98 Å². The van der Waals surface area contributed by atoms with Crippen molar-refractivity contribution in [2.75, 3.05) is 0 Å². The van der Waals surface area contributed by atoms with Crippen LogP contribution in [0.3, 0.4) is 0 Å². The number of hydrogen-bond acceptors (Lipinski definition) is 1. The van der Waals surface area contributed by atoms with Gasteiger partial charge in [0.2, 0.25) is 5.69 Å². The molecule has 0 bridgehead atoms. The second-order valence-electron chi connectivity index (χ2n) is 5.62. The highest BCUT2D eigenvalue weighted by atomic mass is 14.9. The molecule has 0 N–H and O–H groups in total. The summed E-state index contributed by atoms with van der Waals surface area (Å²) in [6.07, 6.45) is 5.04. The predicted octanol–water partition coefficient (Wildman–Crippen LogP) is 4.11. The quantitative estimate of drug-likeness (QED) is 0.663. The van der Waals surface area contributed by atoms with Crippen LogP contribution in [0.1, 0.15) is 18.2 Å². The average Bonchev–Trinajstić information content (AvgIpc) is 2.56. The SMILES string of the molecule is CCc1cc(-c2ccc(-c3ccccc3C)[n+](C)c2)ccn1. The summed E-state index contributed by atoms with van der Waals surface area (Å²) in [5.74, 6) is 0. The highest BCUT2D eigenvalue weighted by Crippen LogP contribution is 2.23. The first-order valence-corrected chi connectivity index (χ1v) is 7.70. The zero-order chi connectivity index (χ0) is 15.5. The highest BCUT2D eigenvalue weighted by Gasteiger charge is 2.13. The Balaban J connectivity index is 2.04. The van der Waals surface area contributed by atoms with Crippen molar-refractivity contribution in [2.45, 2.75) is 20.3 Å². The van der Waals surface area contributed by atoms with Crippen LogP contribution in [0.4, 0.5) is 0 Å². The van der Waals surface area contributed by atoms with Crippen molar-refractivity contribution in [1.29, 1.82) is 0 Å². The van der Waals surface area contributed by atoms with Crippen molar-refractivity contribution in [3.05, 3.63) is 72.2 Å². The fraction of sp³-hybridized carbons (Fsp3) is 0.200.